The number of nitrogens with one attached hydrogen (secondary N) is 3. The summed E-state index contributed by atoms with van der Waals surface area (Å²) in [5, 5.41) is 19.8. The maximum atomic E-state index is 12.7. The summed E-state index contributed by atoms with van der Waals surface area (Å²) in [6.45, 7) is 7.72. The van der Waals surface area contributed by atoms with Crippen LogP contribution >= 0.6 is 23.1 Å². The van der Waals surface area contributed by atoms with Crippen LogP contribution in [0.4, 0.5) is 0 Å². The van der Waals surface area contributed by atoms with E-state index in [4.69, 9.17) is 0 Å². The van der Waals surface area contributed by atoms with Crippen LogP contribution in [0.2, 0.25) is 0 Å². The molecule has 4 N–H and O–H groups in total. The van der Waals surface area contributed by atoms with Gasteiger partial charge in [-0.2, -0.15) is 0 Å². The van der Waals surface area contributed by atoms with Gasteiger partial charge >= 0.3 is 5.97 Å². The topological polar surface area (TPSA) is 155 Å². The number of unbranched alkanes of at least 4 members (excludes halogenated alkanes) is 4. The first-order chi connectivity index (χ1) is 20.0. The lowest BCUT2D eigenvalue weighted by atomic mass is 10.0. The van der Waals surface area contributed by atoms with E-state index in [1.807, 2.05) is 19.1 Å². The van der Waals surface area contributed by atoms with Crippen molar-refractivity contribution in [3.05, 3.63) is 28.2 Å². The Kier molecular flexibility index (Phi) is 15.2. The predicted molar refractivity (Wildman–Crippen MR) is 166 cm³/mol. The van der Waals surface area contributed by atoms with Gasteiger partial charge in [0, 0.05) is 24.0 Å². The van der Waals surface area contributed by atoms with Crippen molar-refractivity contribution in [2.75, 3.05) is 5.75 Å². The number of aromatic nitrogens is 1. The molecule has 0 bridgehead atoms. The van der Waals surface area contributed by atoms with E-state index < -0.39 is 29.4 Å². The zero-order valence-electron chi connectivity index (χ0n) is 25.2. The number of carboxylic acids is 1. The van der Waals surface area contributed by atoms with Crippen molar-refractivity contribution in [1.82, 2.24) is 20.9 Å². The quantitative estimate of drug-likeness (QED) is 0.119. The molecule has 10 nitrogen and oxygen atoms in total. The molecular weight excluding hydrogens is 576 g/mol. The second-order valence-electron chi connectivity index (χ2n) is 11.3. The Labute approximate surface area is 257 Å². The van der Waals surface area contributed by atoms with Crippen molar-refractivity contribution in [2.24, 2.45) is 11.8 Å². The van der Waals surface area contributed by atoms with Crippen molar-refractivity contribution in [3.63, 3.8) is 0 Å². The fourth-order valence-corrected chi connectivity index (χ4v) is 5.71. The van der Waals surface area contributed by atoms with E-state index in [-0.39, 0.29) is 35.1 Å². The molecule has 1 aromatic rings. The molecule has 1 fully saturated rings. The molecule has 1 aliphatic carbocycles. The van der Waals surface area contributed by atoms with E-state index in [1.165, 1.54) is 42.4 Å². The Morgan fingerprint density at radius 2 is 1.83 bits per heavy atom. The molecule has 234 valence electrons. The lowest BCUT2D eigenvalue weighted by molar-refractivity contribution is -0.143. The number of amides is 3. The highest BCUT2D eigenvalue weighted by Gasteiger charge is 2.52. The van der Waals surface area contributed by atoms with Crippen LogP contribution < -0.4 is 16.0 Å². The van der Waals surface area contributed by atoms with Crippen molar-refractivity contribution in [2.45, 2.75) is 110 Å². The molecule has 0 aromatic carbocycles. The average Bonchev–Trinajstić information content (AvgIpc) is 3.55. The van der Waals surface area contributed by atoms with E-state index in [0.29, 0.717) is 30.7 Å². The molecule has 42 heavy (non-hydrogen) atoms. The molecule has 12 heteroatoms. The third-order valence-corrected chi connectivity index (χ3v) is 8.80. The van der Waals surface area contributed by atoms with Crippen LogP contribution in [0.25, 0.3) is 0 Å². The minimum absolute atomic E-state index is 0.0409. The summed E-state index contributed by atoms with van der Waals surface area (Å²) in [4.78, 5) is 65.5. The lowest BCUT2D eigenvalue weighted by Crippen LogP contribution is -2.54. The van der Waals surface area contributed by atoms with Gasteiger partial charge in [0.1, 0.15) is 22.3 Å². The van der Waals surface area contributed by atoms with Crippen LogP contribution in [0.3, 0.4) is 0 Å². The number of aliphatic carboxylic acids is 1. The van der Waals surface area contributed by atoms with Crippen molar-refractivity contribution < 1.29 is 29.1 Å². The highest BCUT2D eigenvalue weighted by atomic mass is 32.2. The number of carbonyl (C=O) groups excluding carboxylic acids is 4. The number of thioether (sulfide) groups is 1. The van der Waals surface area contributed by atoms with Gasteiger partial charge in [0.2, 0.25) is 11.8 Å². The number of carboxylic acid groups (broad SMARTS) is 1. The highest BCUT2D eigenvalue weighted by molar-refractivity contribution is 8.13. The summed E-state index contributed by atoms with van der Waals surface area (Å²) in [7, 11) is 0. The van der Waals surface area contributed by atoms with E-state index in [0.717, 1.165) is 25.0 Å². The van der Waals surface area contributed by atoms with Gasteiger partial charge in [0.15, 0.2) is 5.12 Å². The molecule has 1 saturated carbocycles. The number of rotatable bonds is 20. The first-order valence-electron chi connectivity index (χ1n) is 14.9. The Hall–Kier alpha value is -2.73. The maximum absolute atomic E-state index is 12.7. The predicted octanol–water partition coefficient (Wildman–Crippen LogP) is 4.84. The van der Waals surface area contributed by atoms with Crippen molar-refractivity contribution in [3.8, 4) is 0 Å². The first kappa shape index (κ1) is 35.5. The standard InChI is InChI=1S/C30H46N4O6S2/c1-5-6-7-8-9-13-25(36)41-16-11-10-12-21(4)17-23(35)31-18-24-32-22(19-42-24)27(37)34-30(14-15-30)29(40)33-26(20(2)3)28(38)39/h10,12,19-21,26H,5-9,11,13-18H2,1-4H3,(H,31,35)(H,33,40)(H,34,37)(H,38,39)/b12-10+/t21-,26+/m1/s1. The van der Waals surface area contributed by atoms with Crippen LogP contribution in [0.1, 0.15) is 107 Å². The monoisotopic (exact) mass is 622 g/mol. The largest absolute Gasteiger partial charge is 0.480 e. The Bertz CT molecular complexity index is 1100. The number of thiazole rings is 1. The van der Waals surface area contributed by atoms with Gasteiger partial charge in [-0.25, -0.2) is 9.78 Å². The molecular formula is C30H46N4O6S2. The van der Waals surface area contributed by atoms with Crippen molar-refractivity contribution in [1.29, 1.82) is 0 Å². The average molecular weight is 623 g/mol. The molecule has 1 heterocycles. The zero-order valence-corrected chi connectivity index (χ0v) is 26.8. The minimum atomic E-state index is -1.12. The molecule has 1 aliphatic rings. The molecule has 0 unspecified atom stereocenters. The van der Waals surface area contributed by atoms with Crippen LogP contribution in [0.5, 0.6) is 0 Å². The van der Waals surface area contributed by atoms with Gasteiger partial charge < -0.3 is 21.1 Å². The number of hydrogen-bond acceptors (Lipinski definition) is 8. The fraction of sp³-hybridized carbons (Fsp3) is 0.667. The number of allylic oxidation sites excluding steroid dienone is 2. The fourth-order valence-electron chi connectivity index (χ4n) is 4.23. The Morgan fingerprint density at radius 1 is 1.12 bits per heavy atom. The molecule has 0 radical (unpaired) electrons. The number of carbonyl (C=O) groups is 5. The van der Waals surface area contributed by atoms with E-state index >= 15 is 0 Å². The summed E-state index contributed by atoms with van der Waals surface area (Å²) >= 11 is 2.62. The number of hydrogen-bond donors (Lipinski definition) is 4. The summed E-state index contributed by atoms with van der Waals surface area (Å²) in [6.07, 6.45) is 12.3. The van der Waals surface area contributed by atoms with Gasteiger partial charge in [-0.1, -0.05) is 77.3 Å². The summed E-state index contributed by atoms with van der Waals surface area (Å²) in [5.41, 5.74) is -0.977. The summed E-state index contributed by atoms with van der Waals surface area (Å²) in [5.74, 6) is -1.80. The van der Waals surface area contributed by atoms with Crippen molar-refractivity contribution >= 4 is 51.9 Å². The van der Waals surface area contributed by atoms with E-state index in [2.05, 4.69) is 27.9 Å². The summed E-state index contributed by atoms with van der Waals surface area (Å²) < 4.78 is 0. The Morgan fingerprint density at radius 3 is 2.48 bits per heavy atom. The smallest absolute Gasteiger partial charge is 0.326 e. The lowest BCUT2D eigenvalue weighted by Gasteiger charge is -2.22. The van der Waals surface area contributed by atoms with Gasteiger partial charge in [0.25, 0.3) is 5.91 Å². The zero-order chi connectivity index (χ0) is 31.1. The second kappa shape index (κ2) is 18.0. The van der Waals surface area contributed by atoms with E-state index in [1.54, 1.807) is 19.2 Å². The Balaban J connectivity index is 1.68. The molecule has 2 rings (SSSR count). The molecule has 0 saturated heterocycles. The van der Waals surface area contributed by atoms with Crippen LogP contribution in [-0.4, -0.2) is 56.2 Å². The second-order valence-corrected chi connectivity index (χ2v) is 13.4. The maximum Gasteiger partial charge on any atom is 0.326 e. The van der Waals surface area contributed by atoms with Gasteiger partial charge in [-0.05, 0) is 37.5 Å². The van der Waals surface area contributed by atoms with Crippen LogP contribution in [0.15, 0.2) is 17.5 Å². The third kappa shape index (κ3) is 12.6. The van der Waals surface area contributed by atoms with E-state index in [9.17, 15) is 29.1 Å². The molecule has 1 aromatic heterocycles. The number of nitrogens with zero attached hydrogens (tertiary/aromatic N) is 1. The third-order valence-electron chi connectivity index (χ3n) is 6.98. The molecule has 2 atom stereocenters. The normalized spacial score (nSPS) is 15.3. The molecule has 0 aliphatic heterocycles. The van der Waals surface area contributed by atoms with Gasteiger partial charge in [-0.15, -0.1) is 11.3 Å². The SMILES string of the molecule is CCCCCCCC(=O)SCC/C=C/[C@@H](C)CC(=O)NCc1nc(C(=O)NC2(C(=O)N[C@H](C(=O)O)C(C)C)CC2)cs1. The highest BCUT2D eigenvalue weighted by Crippen LogP contribution is 2.36. The summed E-state index contributed by atoms with van der Waals surface area (Å²) in [6, 6.07) is -1.04. The minimum Gasteiger partial charge on any atom is -0.480 e. The van der Waals surface area contributed by atoms with Gasteiger partial charge in [0.05, 0.1) is 6.54 Å². The van der Waals surface area contributed by atoms with Crippen LogP contribution in [-0.2, 0) is 25.7 Å². The van der Waals surface area contributed by atoms with Gasteiger partial charge in [-0.3, -0.25) is 19.2 Å². The van der Waals surface area contributed by atoms with Crippen LogP contribution in [0, 0.1) is 11.8 Å². The first-order valence-corrected chi connectivity index (χ1v) is 16.7. The molecule has 0 spiro atoms. The molecule has 3 amide bonds.